The number of hydrogen-bond acceptors (Lipinski definition) is 4. The number of carbonyl (C=O) groups is 2. The van der Waals surface area contributed by atoms with Crippen LogP contribution in [-0.4, -0.2) is 47.9 Å². The Kier molecular flexibility index (Phi) is 7.03. The highest BCUT2D eigenvalue weighted by molar-refractivity contribution is 5.96. The molecule has 6 nitrogen and oxygen atoms in total. The molecule has 0 unspecified atom stereocenters. The molecule has 1 atom stereocenters. The van der Waals surface area contributed by atoms with Gasteiger partial charge in [-0.15, -0.1) is 0 Å². The van der Waals surface area contributed by atoms with E-state index in [9.17, 15) is 9.59 Å². The maximum absolute atomic E-state index is 12.8. The molecule has 0 aromatic carbocycles. The molecule has 0 saturated carbocycles. The number of aromatic nitrogens is 1. The van der Waals surface area contributed by atoms with Gasteiger partial charge in [0.2, 0.25) is 11.8 Å². The van der Waals surface area contributed by atoms with E-state index in [2.05, 4.69) is 10.3 Å². The van der Waals surface area contributed by atoms with Crippen LogP contribution < -0.4 is 10.1 Å². The highest BCUT2D eigenvalue weighted by Crippen LogP contribution is 2.22. The minimum atomic E-state index is -0.0452. The van der Waals surface area contributed by atoms with Gasteiger partial charge in [0.1, 0.15) is 5.56 Å². The van der Waals surface area contributed by atoms with Gasteiger partial charge in [-0.2, -0.15) is 0 Å². The Morgan fingerprint density at radius 1 is 1.42 bits per heavy atom. The highest BCUT2D eigenvalue weighted by atomic mass is 16.5. The Hall–Kier alpha value is -2.11. The largest absolute Gasteiger partial charge is 0.477 e. The standard InChI is InChI=1S/C18H27N3O3/c1-3-7-16(22)20-12-14-8-6-11-21(13-14)18(23)15-9-5-10-19-17(15)24-4-2/h5,9-10,14H,3-4,6-8,11-13H2,1-2H3,(H,20,22)/t14-/m1/s1. The van der Waals surface area contributed by atoms with Gasteiger partial charge in [0.15, 0.2) is 0 Å². The summed E-state index contributed by atoms with van der Waals surface area (Å²) in [5, 5.41) is 2.97. The molecule has 1 aliphatic heterocycles. The summed E-state index contributed by atoms with van der Waals surface area (Å²) in [4.78, 5) is 30.4. The summed E-state index contributed by atoms with van der Waals surface area (Å²) in [6.45, 7) is 6.37. The Labute approximate surface area is 143 Å². The van der Waals surface area contributed by atoms with Crippen molar-refractivity contribution in [3.63, 3.8) is 0 Å². The van der Waals surface area contributed by atoms with Crippen LogP contribution in [0, 0.1) is 5.92 Å². The lowest BCUT2D eigenvalue weighted by atomic mass is 9.97. The van der Waals surface area contributed by atoms with E-state index in [4.69, 9.17) is 4.74 Å². The Morgan fingerprint density at radius 2 is 2.25 bits per heavy atom. The number of hydrogen-bond donors (Lipinski definition) is 1. The molecule has 6 heteroatoms. The van der Waals surface area contributed by atoms with Gasteiger partial charge in [-0.25, -0.2) is 4.98 Å². The topological polar surface area (TPSA) is 71.5 Å². The Morgan fingerprint density at radius 3 is 3.00 bits per heavy atom. The van der Waals surface area contributed by atoms with E-state index in [1.807, 2.05) is 18.7 Å². The molecule has 1 aromatic rings. The number of amides is 2. The third-order valence-corrected chi connectivity index (χ3v) is 4.15. The van der Waals surface area contributed by atoms with Crippen LogP contribution in [0.1, 0.15) is 49.9 Å². The quantitative estimate of drug-likeness (QED) is 0.831. The summed E-state index contributed by atoms with van der Waals surface area (Å²) in [5.41, 5.74) is 0.509. The summed E-state index contributed by atoms with van der Waals surface area (Å²) in [7, 11) is 0. The summed E-state index contributed by atoms with van der Waals surface area (Å²) in [6.07, 6.45) is 5.01. The maximum atomic E-state index is 12.8. The molecular formula is C18H27N3O3. The highest BCUT2D eigenvalue weighted by Gasteiger charge is 2.26. The number of pyridine rings is 1. The third-order valence-electron chi connectivity index (χ3n) is 4.15. The van der Waals surface area contributed by atoms with Crippen molar-refractivity contribution in [3.05, 3.63) is 23.9 Å². The number of ether oxygens (including phenoxy) is 1. The zero-order valence-corrected chi connectivity index (χ0v) is 14.6. The number of nitrogens with zero attached hydrogens (tertiary/aromatic N) is 2. The zero-order chi connectivity index (χ0) is 17.4. The van der Waals surface area contributed by atoms with E-state index in [1.54, 1.807) is 18.3 Å². The van der Waals surface area contributed by atoms with E-state index < -0.39 is 0 Å². The second-order valence-electron chi connectivity index (χ2n) is 6.10. The second-order valence-corrected chi connectivity index (χ2v) is 6.10. The van der Waals surface area contributed by atoms with E-state index in [-0.39, 0.29) is 11.8 Å². The van der Waals surface area contributed by atoms with Crippen molar-refractivity contribution in [1.29, 1.82) is 0 Å². The molecule has 1 saturated heterocycles. The van der Waals surface area contributed by atoms with E-state index >= 15 is 0 Å². The van der Waals surface area contributed by atoms with Gasteiger partial charge in [0.05, 0.1) is 6.61 Å². The summed E-state index contributed by atoms with van der Waals surface area (Å²) in [5.74, 6) is 0.738. The van der Waals surface area contributed by atoms with Crippen molar-refractivity contribution >= 4 is 11.8 Å². The molecule has 0 aliphatic carbocycles. The van der Waals surface area contributed by atoms with Gasteiger partial charge < -0.3 is 15.0 Å². The van der Waals surface area contributed by atoms with Gasteiger partial charge in [-0.05, 0) is 44.2 Å². The van der Waals surface area contributed by atoms with Crippen LogP contribution in [0.4, 0.5) is 0 Å². The molecule has 2 heterocycles. The first-order chi connectivity index (χ1) is 11.7. The van der Waals surface area contributed by atoms with Crippen molar-refractivity contribution in [2.45, 2.75) is 39.5 Å². The van der Waals surface area contributed by atoms with Gasteiger partial charge >= 0.3 is 0 Å². The van der Waals surface area contributed by atoms with Crippen molar-refractivity contribution in [3.8, 4) is 5.88 Å². The molecule has 2 rings (SSSR count). The van der Waals surface area contributed by atoms with Crippen LogP contribution in [0.3, 0.4) is 0 Å². The maximum Gasteiger partial charge on any atom is 0.259 e. The van der Waals surface area contributed by atoms with E-state index in [0.717, 1.165) is 25.8 Å². The van der Waals surface area contributed by atoms with Crippen LogP contribution in [0.2, 0.25) is 0 Å². The average molecular weight is 333 g/mol. The van der Waals surface area contributed by atoms with Crippen molar-refractivity contribution in [2.24, 2.45) is 5.92 Å². The molecule has 0 spiro atoms. The molecule has 24 heavy (non-hydrogen) atoms. The molecule has 0 bridgehead atoms. The van der Waals surface area contributed by atoms with Crippen molar-refractivity contribution in [1.82, 2.24) is 15.2 Å². The van der Waals surface area contributed by atoms with Crippen LogP contribution in [-0.2, 0) is 4.79 Å². The number of likely N-dealkylation sites (tertiary alicyclic amines) is 1. The van der Waals surface area contributed by atoms with E-state index in [1.165, 1.54) is 0 Å². The van der Waals surface area contributed by atoms with Crippen LogP contribution >= 0.6 is 0 Å². The summed E-state index contributed by atoms with van der Waals surface area (Å²) < 4.78 is 5.47. The first-order valence-electron chi connectivity index (χ1n) is 8.79. The number of rotatable bonds is 7. The Balaban J connectivity index is 1.96. The minimum Gasteiger partial charge on any atom is -0.477 e. The number of piperidine rings is 1. The fraction of sp³-hybridized carbons (Fsp3) is 0.611. The van der Waals surface area contributed by atoms with Gasteiger partial charge in [-0.1, -0.05) is 6.92 Å². The normalized spacial score (nSPS) is 17.4. The lowest BCUT2D eigenvalue weighted by molar-refractivity contribution is -0.121. The molecule has 0 radical (unpaired) electrons. The lowest BCUT2D eigenvalue weighted by Gasteiger charge is -2.33. The predicted octanol–water partition coefficient (Wildman–Crippen LogP) is 2.25. The van der Waals surface area contributed by atoms with Gasteiger partial charge in [0, 0.05) is 32.3 Å². The fourth-order valence-electron chi connectivity index (χ4n) is 2.97. The van der Waals surface area contributed by atoms with Gasteiger partial charge in [0.25, 0.3) is 5.91 Å². The van der Waals surface area contributed by atoms with Crippen molar-refractivity contribution < 1.29 is 14.3 Å². The molecule has 2 amide bonds. The van der Waals surface area contributed by atoms with Crippen LogP contribution in [0.15, 0.2) is 18.3 Å². The minimum absolute atomic E-state index is 0.0452. The lowest BCUT2D eigenvalue weighted by Crippen LogP contribution is -2.43. The number of carbonyl (C=O) groups excluding carboxylic acids is 2. The third kappa shape index (κ3) is 4.94. The molecule has 1 N–H and O–H groups in total. The Bertz CT molecular complexity index is 562. The molecular weight excluding hydrogens is 306 g/mol. The monoisotopic (exact) mass is 333 g/mol. The van der Waals surface area contributed by atoms with E-state index in [0.29, 0.717) is 43.5 Å². The SMILES string of the molecule is CCCC(=O)NC[C@H]1CCCN(C(=O)c2cccnc2OCC)C1. The summed E-state index contributed by atoms with van der Waals surface area (Å²) in [6, 6.07) is 3.51. The molecule has 132 valence electrons. The summed E-state index contributed by atoms with van der Waals surface area (Å²) >= 11 is 0. The van der Waals surface area contributed by atoms with Gasteiger partial charge in [-0.3, -0.25) is 9.59 Å². The van der Waals surface area contributed by atoms with Crippen LogP contribution in [0.25, 0.3) is 0 Å². The molecule has 1 aliphatic rings. The van der Waals surface area contributed by atoms with Crippen LogP contribution in [0.5, 0.6) is 5.88 Å². The second kappa shape index (κ2) is 9.25. The first-order valence-corrected chi connectivity index (χ1v) is 8.79. The van der Waals surface area contributed by atoms with Crippen molar-refractivity contribution in [2.75, 3.05) is 26.2 Å². The smallest absolute Gasteiger partial charge is 0.259 e. The first kappa shape index (κ1) is 18.2. The molecule has 1 aromatic heterocycles. The zero-order valence-electron chi connectivity index (χ0n) is 14.6. The average Bonchev–Trinajstić information content (AvgIpc) is 2.61. The number of nitrogens with one attached hydrogen (secondary N) is 1. The fourth-order valence-corrected chi connectivity index (χ4v) is 2.97. The predicted molar refractivity (Wildman–Crippen MR) is 92.0 cm³/mol. The molecule has 1 fully saturated rings.